The van der Waals surface area contributed by atoms with Gasteiger partial charge in [0.25, 0.3) is 0 Å². The molecule has 0 saturated carbocycles. The second-order valence-corrected chi connectivity index (χ2v) is 4.09. The smallest absolute Gasteiger partial charge is 0.126 e. The number of hydrogen-bond acceptors (Lipinski definition) is 1. The Balaban J connectivity index is 2.86. The van der Waals surface area contributed by atoms with Crippen LogP contribution in [0.1, 0.15) is 18.9 Å². The predicted molar refractivity (Wildman–Crippen MR) is 57.2 cm³/mol. The zero-order valence-corrected chi connectivity index (χ0v) is 9.51. The van der Waals surface area contributed by atoms with Crippen molar-refractivity contribution in [2.75, 3.05) is 0 Å². The fraction of sp³-hybridized carbons (Fsp3) is 0.364. The van der Waals surface area contributed by atoms with Crippen molar-refractivity contribution in [2.24, 2.45) is 5.92 Å². The molecule has 0 heterocycles. The van der Waals surface area contributed by atoms with Crippen molar-refractivity contribution in [3.05, 3.63) is 34.1 Å². The number of nitrogens with zero attached hydrogens (tertiary/aromatic N) is 1. The molecule has 0 aliphatic heterocycles. The second-order valence-electron chi connectivity index (χ2n) is 3.17. The van der Waals surface area contributed by atoms with Crippen LogP contribution in [0.4, 0.5) is 4.39 Å². The molecule has 0 amide bonds. The van der Waals surface area contributed by atoms with Gasteiger partial charge in [0.15, 0.2) is 0 Å². The summed E-state index contributed by atoms with van der Waals surface area (Å²) in [4.78, 5) is 0. The first-order valence-electron chi connectivity index (χ1n) is 4.51. The summed E-state index contributed by atoms with van der Waals surface area (Å²) in [6, 6.07) is 6.98. The molecule has 74 valence electrons. The van der Waals surface area contributed by atoms with Crippen LogP contribution in [0.3, 0.4) is 0 Å². The Morgan fingerprint density at radius 2 is 2.29 bits per heavy atom. The molecule has 0 N–H and O–H groups in total. The lowest BCUT2D eigenvalue weighted by atomic mass is 9.98. The Kier molecular flexibility index (Phi) is 4.09. The van der Waals surface area contributed by atoms with Gasteiger partial charge in [0, 0.05) is 4.47 Å². The largest absolute Gasteiger partial charge is 0.207 e. The fourth-order valence-corrected chi connectivity index (χ4v) is 1.65. The molecule has 0 saturated heterocycles. The lowest BCUT2D eigenvalue weighted by Crippen LogP contribution is -2.02. The summed E-state index contributed by atoms with van der Waals surface area (Å²) in [6.45, 7) is 1.93. The maximum atomic E-state index is 13.3. The van der Waals surface area contributed by atoms with Crippen molar-refractivity contribution in [3.8, 4) is 6.07 Å². The second kappa shape index (κ2) is 5.11. The highest BCUT2D eigenvalue weighted by Gasteiger charge is 2.09. The van der Waals surface area contributed by atoms with E-state index in [1.54, 1.807) is 12.1 Å². The number of benzene rings is 1. The Morgan fingerprint density at radius 3 is 2.86 bits per heavy atom. The van der Waals surface area contributed by atoms with E-state index in [0.29, 0.717) is 12.0 Å². The summed E-state index contributed by atoms with van der Waals surface area (Å²) in [7, 11) is 0. The lowest BCUT2D eigenvalue weighted by Gasteiger charge is -2.07. The molecule has 1 atom stereocenters. The molecule has 3 heteroatoms. The van der Waals surface area contributed by atoms with Crippen LogP contribution in [0.5, 0.6) is 0 Å². The molecular formula is C11H11BrFN. The predicted octanol–water partition coefficient (Wildman–Crippen LogP) is 3.68. The molecule has 1 aromatic carbocycles. The van der Waals surface area contributed by atoms with Crippen molar-refractivity contribution in [1.29, 1.82) is 5.26 Å². The van der Waals surface area contributed by atoms with Crippen LogP contribution >= 0.6 is 15.9 Å². The maximum absolute atomic E-state index is 13.3. The van der Waals surface area contributed by atoms with E-state index < -0.39 is 0 Å². The number of halogens is 2. The number of nitriles is 1. The third-order valence-corrected chi connectivity index (χ3v) is 2.64. The van der Waals surface area contributed by atoms with E-state index in [9.17, 15) is 4.39 Å². The summed E-state index contributed by atoms with van der Waals surface area (Å²) in [6.07, 6.45) is 1.24. The van der Waals surface area contributed by atoms with Crippen molar-refractivity contribution in [2.45, 2.75) is 19.8 Å². The Bertz CT molecular complexity index is 357. The van der Waals surface area contributed by atoms with E-state index in [1.165, 1.54) is 6.07 Å². The Morgan fingerprint density at radius 1 is 1.57 bits per heavy atom. The minimum Gasteiger partial charge on any atom is -0.207 e. The highest BCUT2D eigenvalue weighted by atomic mass is 79.9. The van der Waals surface area contributed by atoms with E-state index in [1.807, 2.05) is 6.92 Å². The molecule has 0 bridgehead atoms. The van der Waals surface area contributed by atoms with Crippen LogP contribution in [0.2, 0.25) is 0 Å². The molecule has 0 aliphatic rings. The summed E-state index contributed by atoms with van der Waals surface area (Å²) in [5.74, 6) is -0.333. The highest BCUT2D eigenvalue weighted by Crippen LogP contribution is 2.19. The summed E-state index contributed by atoms with van der Waals surface area (Å²) < 4.78 is 14.1. The minimum atomic E-state index is -0.234. The van der Waals surface area contributed by atoms with Gasteiger partial charge >= 0.3 is 0 Å². The first-order chi connectivity index (χ1) is 6.67. The monoisotopic (exact) mass is 255 g/mol. The standard InChI is InChI=1S/C11H11BrFN/c1-2-8(7-14)5-9-6-10(12)3-4-11(9)13/h3-4,6,8H,2,5H2,1H3. The summed E-state index contributed by atoms with van der Waals surface area (Å²) in [5, 5.41) is 8.76. The molecule has 0 aromatic heterocycles. The van der Waals surface area contributed by atoms with Crippen molar-refractivity contribution < 1.29 is 4.39 Å². The average molecular weight is 256 g/mol. The molecule has 0 fully saturated rings. The van der Waals surface area contributed by atoms with Gasteiger partial charge in [-0.2, -0.15) is 5.26 Å². The van der Waals surface area contributed by atoms with E-state index in [2.05, 4.69) is 22.0 Å². The SMILES string of the molecule is CCC(C#N)Cc1cc(Br)ccc1F. The molecule has 0 spiro atoms. The first-order valence-corrected chi connectivity index (χ1v) is 5.30. The zero-order chi connectivity index (χ0) is 10.6. The lowest BCUT2D eigenvalue weighted by molar-refractivity contribution is 0.573. The molecule has 1 rings (SSSR count). The Labute approximate surface area is 91.7 Å². The number of rotatable bonds is 3. The van der Waals surface area contributed by atoms with Gasteiger partial charge in [0.1, 0.15) is 5.82 Å². The maximum Gasteiger partial charge on any atom is 0.126 e. The van der Waals surface area contributed by atoms with Crippen LogP contribution in [0.25, 0.3) is 0 Å². The topological polar surface area (TPSA) is 23.8 Å². The van der Waals surface area contributed by atoms with Crippen LogP contribution in [0, 0.1) is 23.1 Å². The van der Waals surface area contributed by atoms with Crippen LogP contribution in [-0.2, 0) is 6.42 Å². The van der Waals surface area contributed by atoms with E-state index in [-0.39, 0.29) is 11.7 Å². The third kappa shape index (κ3) is 2.81. The van der Waals surface area contributed by atoms with Crippen molar-refractivity contribution >= 4 is 15.9 Å². The van der Waals surface area contributed by atoms with Gasteiger partial charge in [0.2, 0.25) is 0 Å². The first kappa shape index (κ1) is 11.2. The van der Waals surface area contributed by atoms with Crippen molar-refractivity contribution in [3.63, 3.8) is 0 Å². The molecule has 1 aromatic rings. The van der Waals surface area contributed by atoms with E-state index in [0.717, 1.165) is 10.9 Å². The molecule has 14 heavy (non-hydrogen) atoms. The van der Waals surface area contributed by atoms with E-state index >= 15 is 0 Å². The van der Waals surface area contributed by atoms with Gasteiger partial charge in [0.05, 0.1) is 12.0 Å². The summed E-state index contributed by atoms with van der Waals surface area (Å²) >= 11 is 3.28. The molecule has 1 nitrogen and oxygen atoms in total. The quantitative estimate of drug-likeness (QED) is 0.809. The van der Waals surface area contributed by atoms with Gasteiger partial charge in [-0.15, -0.1) is 0 Å². The van der Waals surface area contributed by atoms with Crippen LogP contribution in [-0.4, -0.2) is 0 Å². The molecule has 1 unspecified atom stereocenters. The fourth-order valence-electron chi connectivity index (χ4n) is 1.25. The van der Waals surface area contributed by atoms with E-state index in [4.69, 9.17) is 5.26 Å². The van der Waals surface area contributed by atoms with Crippen molar-refractivity contribution in [1.82, 2.24) is 0 Å². The third-order valence-electron chi connectivity index (χ3n) is 2.15. The van der Waals surface area contributed by atoms with Crippen LogP contribution in [0.15, 0.2) is 22.7 Å². The molecular weight excluding hydrogens is 245 g/mol. The van der Waals surface area contributed by atoms with Gasteiger partial charge in [-0.1, -0.05) is 22.9 Å². The molecule has 0 aliphatic carbocycles. The summed E-state index contributed by atoms with van der Waals surface area (Å²) in [5.41, 5.74) is 0.604. The molecule has 0 radical (unpaired) electrons. The Hall–Kier alpha value is -0.880. The normalized spacial score (nSPS) is 12.1. The minimum absolute atomic E-state index is 0.0983. The van der Waals surface area contributed by atoms with Gasteiger partial charge in [-0.3, -0.25) is 0 Å². The van der Waals surface area contributed by atoms with Gasteiger partial charge in [-0.05, 0) is 36.6 Å². The zero-order valence-electron chi connectivity index (χ0n) is 7.93. The number of hydrogen-bond donors (Lipinski definition) is 0. The van der Waals surface area contributed by atoms with Crippen LogP contribution < -0.4 is 0 Å². The highest BCUT2D eigenvalue weighted by molar-refractivity contribution is 9.10. The van der Waals surface area contributed by atoms with Gasteiger partial charge in [-0.25, -0.2) is 4.39 Å². The average Bonchev–Trinajstić information content (AvgIpc) is 2.19. The van der Waals surface area contributed by atoms with Gasteiger partial charge < -0.3 is 0 Å².